The van der Waals surface area contributed by atoms with Crippen molar-refractivity contribution in [1.29, 1.82) is 0 Å². The number of carbonyl (C=O) groups is 1. The Morgan fingerprint density at radius 3 is 2.53 bits per heavy atom. The average Bonchev–Trinajstić information content (AvgIpc) is 2.23. The summed E-state index contributed by atoms with van der Waals surface area (Å²) in [6.07, 6.45) is 9.71. The molecule has 0 aliphatic rings. The molecule has 0 aromatic carbocycles. The molecular weight excluding hydrogens is 212 g/mol. The number of allylic oxidation sites excluding steroid dienone is 2. The number of hydrogen-bond donors (Lipinski definition) is 0. The van der Waals surface area contributed by atoms with Gasteiger partial charge in [0.25, 0.3) is 0 Å². The highest BCUT2D eigenvalue weighted by Crippen LogP contribution is 2.14. The fraction of sp³-hybridized carbons (Fsp3) is 0.800. The van der Waals surface area contributed by atoms with Crippen LogP contribution < -0.4 is 0 Å². The molecular formula is C15H28O2. The quantitative estimate of drug-likeness (QED) is 0.337. The van der Waals surface area contributed by atoms with Gasteiger partial charge in [-0.1, -0.05) is 44.8 Å². The lowest BCUT2D eigenvalue weighted by Crippen LogP contribution is -2.04. The molecule has 1 atom stereocenters. The van der Waals surface area contributed by atoms with Gasteiger partial charge in [-0.15, -0.1) is 0 Å². The highest BCUT2D eigenvalue weighted by molar-refractivity contribution is 5.65. The molecule has 0 saturated carbocycles. The number of esters is 1. The third-order valence-corrected chi connectivity index (χ3v) is 2.87. The van der Waals surface area contributed by atoms with Crippen molar-refractivity contribution in [2.24, 2.45) is 5.92 Å². The van der Waals surface area contributed by atoms with Crippen LogP contribution in [-0.2, 0) is 9.53 Å². The van der Waals surface area contributed by atoms with E-state index in [1.54, 1.807) is 0 Å². The second-order valence-electron chi connectivity index (χ2n) is 4.93. The van der Waals surface area contributed by atoms with Crippen molar-refractivity contribution in [3.05, 3.63) is 11.6 Å². The van der Waals surface area contributed by atoms with Gasteiger partial charge in [-0.3, -0.25) is 4.79 Å². The van der Waals surface area contributed by atoms with Gasteiger partial charge in [0.05, 0.1) is 6.61 Å². The van der Waals surface area contributed by atoms with E-state index in [1.807, 2.05) is 0 Å². The van der Waals surface area contributed by atoms with E-state index in [0.29, 0.717) is 12.5 Å². The van der Waals surface area contributed by atoms with Crippen LogP contribution in [0.4, 0.5) is 0 Å². The van der Waals surface area contributed by atoms with E-state index in [4.69, 9.17) is 4.74 Å². The maximum absolute atomic E-state index is 10.6. The van der Waals surface area contributed by atoms with E-state index in [-0.39, 0.29) is 5.97 Å². The van der Waals surface area contributed by atoms with Crippen LogP contribution in [0.2, 0.25) is 0 Å². The SMILES string of the molecule is CCCCCCC(C)=CC(C)CCOC(C)=O. The predicted molar refractivity (Wildman–Crippen MR) is 72.9 cm³/mol. The second kappa shape index (κ2) is 10.4. The Morgan fingerprint density at radius 2 is 1.94 bits per heavy atom. The molecule has 17 heavy (non-hydrogen) atoms. The minimum absolute atomic E-state index is 0.183. The van der Waals surface area contributed by atoms with Gasteiger partial charge in [0.15, 0.2) is 0 Å². The van der Waals surface area contributed by atoms with Gasteiger partial charge in [0.2, 0.25) is 0 Å². The van der Waals surface area contributed by atoms with Crippen LogP contribution in [-0.4, -0.2) is 12.6 Å². The Kier molecular flexibility index (Phi) is 9.89. The summed E-state index contributed by atoms with van der Waals surface area (Å²) >= 11 is 0. The first-order valence-corrected chi connectivity index (χ1v) is 6.87. The maximum atomic E-state index is 10.6. The summed E-state index contributed by atoms with van der Waals surface area (Å²) in [4.78, 5) is 10.6. The molecule has 0 N–H and O–H groups in total. The van der Waals surface area contributed by atoms with Gasteiger partial charge in [-0.05, 0) is 32.1 Å². The van der Waals surface area contributed by atoms with Crippen LogP contribution in [0.3, 0.4) is 0 Å². The van der Waals surface area contributed by atoms with Gasteiger partial charge < -0.3 is 4.74 Å². The third kappa shape index (κ3) is 11.5. The standard InChI is InChI=1S/C15H28O2/c1-5-6-7-8-9-13(2)12-14(3)10-11-17-15(4)16/h12,14H,5-11H2,1-4H3. The molecule has 0 aromatic heterocycles. The Labute approximate surface area is 106 Å². The molecule has 0 heterocycles. The zero-order valence-electron chi connectivity index (χ0n) is 11.9. The van der Waals surface area contributed by atoms with E-state index in [0.717, 1.165) is 6.42 Å². The molecule has 0 aliphatic carbocycles. The summed E-state index contributed by atoms with van der Waals surface area (Å²) < 4.78 is 4.94. The summed E-state index contributed by atoms with van der Waals surface area (Å²) in [5.41, 5.74) is 1.47. The molecule has 2 heteroatoms. The molecule has 1 unspecified atom stereocenters. The lowest BCUT2D eigenvalue weighted by atomic mass is 10.0. The number of unbranched alkanes of at least 4 members (excludes halogenated alkanes) is 3. The van der Waals surface area contributed by atoms with Crippen LogP contribution in [0.15, 0.2) is 11.6 Å². The van der Waals surface area contributed by atoms with Crippen molar-refractivity contribution in [2.45, 2.75) is 66.2 Å². The summed E-state index contributed by atoms with van der Waals surface area (Å²) in [7, 11) is 0. The minimum Gasteiger partial charge on any atom is -0.466 e. The summed E-state index contributed by atoms with van der Waals surface area (Å²) in [5, 5.41) is 0. The van der Waals surface area contributed by atoms with Gasteiger partial charge in [0, 0.05) is 6.92 Å². The first-order chi connectivity index (χ1) is 8.06. The average molecular weight is 240 g/mol. The van der Waals surface area contributed by atoms with Crippen molar-refractivity contribution >= 4 is 5.97 Å². The molecule has 100 valence electrons. The molecule has 2 nitrogen and oxygen atoms in total. The third-order valence-electron chi connectivity index (χ3n) is 2.87. The van der Waals surface area contributed by atoms with Crippen molar-refractivity contribution in [3.63, 3.8) is 0 Å². The number of ether oxygens (including phenoxy) is 1. The Balaban J connectivity index is 3.66. The van der Waals surface area contributed by atoms with Crippen LogP contribution >= 0.6 is 0 Å². The largest absolute Gasteiger partial charge is 0.466 e. The van der Waals surface area contributed by atoms with Crippen molar-refractivity contribution in [3.8, 4) is 0 Å². The zero-order chi connectivity index (χ0) is 13.1. The monoisotopic (exact) mass is 240 g/mol. The highest BCUT2D eigenvalue weighted by Gasteiger charge is 2.01. The molecule has 0 spiro atoms. The maximum Gasteiger partial charge on any atom is 0.302 e. The van der Waals surface area contributed by atoms with E-state index in [1.165, 1.54) is 44.6 Å². The van der Waals surface area contributed by atoms with Gasteiger partial charge in [-0.25, -0.2) is 0 Å². The first kappa shape index (κ1) is 16.2. The van der Waals surface area contributed by atoms with E-state index in [9.17, 15) is 4.79 Å². The van der Waals surface area contributed by atoms with Gasteiger partial charge in [-0.2, -0.15) is 0 Å². The minimum atomic E-state index is -0.183. The van der Waals surface area contributed by atoms with Crippen molar-refractivity contribution in [1.82, 2.24) is 0 Å². The van der Waals surface area contributed by atoms with Gasteiger partial charge >= 0.3 is 5.97 Å². The van der Waals surface area contributed by atoms with Gasteiger partial charge in [0.1, 0.15) is 0 Å². The van der Waals surface area contributed by atoms with E-state index < -0.39 is 0 Å². The molecule has 0 amide bonds. The van der Waals surface area contributed by atoms with Crippen LogP contribution in [0.1, 0.15) is 66.2 Å². The smallest absolute Gasteiger partial charge is 0.302 e. The summed E-state index contributed by atoms with van der Waals surface area (Å²) in [6, 6.07) is 0. The first-order valence-electron chi connectivity index (χ1n) is 6.87. The molecule has 0 bridgehead atoms. The van der Waals surface area contributed by atoms with Crippen LogP contribution in [0.5, 0.6) is 0 Å². The lowest BCUT2D eigenvalue weighted by Gasteiger charge is -2.08. The topological polar surface area (TPSA) is 26.3 Å². The lowest BCUT2D eigenvalue weighted by molar-refractivity contribution is -0.141. The fourth-order valence-electron chi connectivity index (χ4n) is 1.87. The molecule has 0 aromatic rings. The Bertz CT molecular complexity index is 231. The predicted octanol–water partition coefficient (Wildman–Crippen LogP) is 4.49. The Hall–Kier alpha value is -0.790. The normalized spacial score (nSPS) is 13.5. The zero-order valence-corrected chi connectivity index (χ0v) is 11.9. The molecule has 0 fully saturated rings. The van der Waals surface area contributed by atoms with E-state index in [2.05, 4.69) is 26.8 Å². The van der Waals surface area contributed by atoms with Crippen molar-refractivity contribution < 1.29 is 9.53 Å². The van der Waals surface area contributed by atoms with Crippen LogP contribution in [0.25, 0.3) is 0 Å². The molecule has 0 saturated heterocycles. The fourth-order valence-corrected chi connectivity index (χ4v) is 1.87. The van der Waals surface area contributed by atoms with E-state index >= 15 is 0 Å². The summed E-state index contributed by atoms with van der Waals surface area (Å²) in [6.45, 7) is 8.61. The highest BCUT2D eigenvalue weighted by atomic mass is 16.5. The van der Waals surface area contributed by atoms with Crippen molar-refractivity contribution in [2.75, 3.05) is 6.61 Å². The second-order valence-corrected chi connectivity index (χ2v) is 4.93. The molecule has 0 radical (unpaired) electrons. The van der Waals surface area contributed by atoms with Crippen LogP contribution in [0, 0.1) is 5.92 Å². The molecule has 0 rings (SSSR count). The summed E-state index contributed by atoms with van der Waals surface area (Å²) in [5.74, 6) is 0.318. The number of carbonyl (C=O) groups excluding carboxylic acids is 1. The Morgan fingerprint density at radius 1 is 1.24 bits per heavy atom. The number of rotatable bonds is 9. The molecule has 0 aliphatic heterocycles. The number of hydrogen-bond acceptors (Lipinski definition) is 2.